The van der Waals surface area contributed by atoms with Crippen molar-refractivity contribution >= 4 is 23.2 Å². The highest BCUT2D eigenvalue weighted by Crippen LogP contribution is 2.40. The van der Waals surface area contributed by atoms with Gasteiger partial charge in [0.15, 0.2) is 11.3 Å². The number of nitrogens with zero attached hydrogens (tertiary/aromatic N) is 3. The fourth-order valence-electron chi connectivity index (χ4n) is 3.41. The second-order valence-electron chi connectivity index (χ2n) is 7.07. The molecule has 2 aromatic heterocycles. The zero-order valence-corrected chi connectivity index (χ0v) is 17.8. The van der Waals surface area contributed by atoms with Gasteiger partial charge in [0.2, 0.25) is 0 Å². The molecule has 0 spiro atoms. The van der Waals surface area contributed by atoms with Crippen molar-refractivity contribution in [3.8, 4) is 22.4 Å². The van der Waals surface area contributed by atoms with Crippen molar-refractivity contribution in [3.63, 3.8) is 0 Å². The number of hydrogen-bond acceptors (Lipinski definition) is 4. The lowest BCUT2D eigenvalue weighted by Gasteiger charge is -2.11. The second kappa shape index (κ2) is 8.27. The van der Waals surface area contributed by atoms with Crippen molar-refractivity contribution in [1.29, 1.82) is 0 Å². The minimum absolute atomic E-state index is 0.0158. The molecule has 0 saturated heterocycles. The molecule has 0 aliphatic carbocycles. The molecule has 0 amide bonds. The molecule has 164 valence electrons. The summed E-state index contributed by atoms with van der Waals surface area (Å²) >= 11 is 5.91. The van der Waals surface area contributed by atoms with Gasteiger partial charge in [-0.2, -0.15) is 18.3 Å². The van der Waals surface area contributed by atoms with E-state index in [9.17, 15) is 18.0 Å². The smallest absolute Gasteiger partial charge is 0.435 e. The van der Waals surface area contributed by atoms with Crippen molar-refractivity contribution in [2.45, 2.75) is 20.0 Å². The number of aromatic nitrogens is 3. The first-order valence-electron chi connectivity index (χ1n) is 9.69. The van der Waals surface area contributed by atoms with E-state index in [1.807, 2.05) is 6.92 Å². The van der Waals surface area contributed by atoms with Crippen molar-refractivity contribution in [2.24, 2.45) is 0 Å². The second-order valence-corrected chi connectivity index (χ2v) is 7.51. The summed E-state index contributed by atoms with van der Waals surface area (Å²) in [6.07, 6.45) is -3.53. The Morgan fingerprint density at radius 3 is 2.28 bits per heavy atom. The highest BCUT2D eigenvalue weighted by molar-refractivity contribution is 6.30. The van der Waals surface area contributed by atoms with Gasteiger partial charge in [0.25, 0.3) is 0 Å². The Balaban J connectivity index is 2.10. The lowest BCUT2D eigenvalue weighted by molar-refractivity contribution is -0.140. The summed E-state index contributed by atoms with van der Waals surface area (Å²) in [4.78, 5) is 16.8. The molecular formula is C23H17ClF3N3O2. The standard InChI is InChI=1S/C23H17ClF3N3O2/c1-3-32-22(31)17-12-28-21-18(14-8-10-16(24)11-9-14)20(23(25,26)27)29-30(21)19(17)15-6-4-13(2)5-7-15/h4-12H,3H2,1-2H3. The summed E-state index contributed by atoms with van der Waals surface area (Å²) in [5, 5.41) is 4.26. The van der Waals surface area contributed by atoms with Crippen LogP contribution in [0.5, 0.6) is 0 Å². The molecule has 2 heterocycles. The quantitative estimate of drug-likeness (QED) is 0.340. The summed E-state index contributed by atoms with van der Waals surface area (Å²) in [5.74, 6) is -0.699. The van der Waals surface area contributed by atoms with Gasteiger partial charge in [-0.1, -0.05) is 53.6 Å². The van der Waals surface area contributed by atoms with Crippen molar-refractivity contribution in [3.05, 3.63) is 76.6 Å². The third-order valence-electron chi connectivity index (χ3n) is 4.87. The average molecular weight is 460 g/mol. The number of halogens is 4. The highest BCUT2D eigenvalue weighted by atomic mass is 35.5. The molecule has 5 nitrogen and oxygen atoms in total. The van der Waals surface area contributed by atoms with Crippen molar-refractivity contribution < 1.29 is 22.7 Å². The zero-order valence-electron chi connectivity index (χ0n) is 17.1. The largest absolute Gasteiger partial charge is 0.462 e. The number of aryl methyl sites for hydroxylation is 1. The number of ether oxygens (including phenoxy) is 1. The third-order valence-corrected chi connectivity index (χ3v) is 5.12. The van der Waals surface area contributed by atoms with Crippen LogP contribution in [0.3, 0.4) is 0 Å². The number of esters is 1. The Morgan fingerprint density at radius 1 is 1.06 bits per heavy atom. The normalized spacial score (nSPS) is 11.7. The Kier molecular flexibility index (Phi) is 5.64. The maximum absolute atomic E-state index is 14.0. The van der Waals surface area contributed by atoms with Crippen LogP contribution in [0, 0.1) is 6.92 Å². The molecule has 9 heteroatoms. The number of rotatable bonds is 4. The summed E-state index contributed by atoms with van der Waals surface area (Å²) in [6.45, 7) is 3.63. The van der Waals surface area contributed by atoms with Crippen LogP contribution in [0.15, 0.2) is 54.7 Å². The van der Waals surface area contributed by atoms with Crippen LogP contribution in [0.25, 0.3) is 28.0 Å². The van der Waals surface area contributed by atoms with E-state index in [1.165, 1.54) is 30.5 Å². The molecule has 0 N–H and O–H groups in total. The highest BCUT2D eigenvalue weighted by Gasteiger charge is 2.39. The van der Waals surface area contributed by atoms with Crippen LogP contribution in [0.1, 0.15) is 28.5 Å². The molecule has 4 rings (SSSR count). The van der Waals surface area contributed by atoms with E-state index in [2.05, 4.69) is 10.1 Å². The molecule has 0 fully saturated rings. The maximum atomic E-state index is 14.0. The molecule has 0 aliphatic heterocycles. The lowest BCUT2D eigenvalue weighted by Crippen LogP contribution is -2.11. The Bertz CT molecular complexity index is 1300. The predicted molar refractivity (Wildman–Crippen MR) is 115 cm³/mol. The van der Waals surface area contributed by atoms with E-state index in [1.54, 1.807) is 31.2 Å². The van der Waals surface area contributed by atoms with Crippen LogP contribution in [0.4, 0.5) is 13.2 Å². The first-order chi connectivity index (χ1) is 15.2. The molecule has 0 aliphatic rings. The number of carbonyl (C=O) groups is 1. The fourth-order valence-corrected chi connectivity index (χ4v) is 3.54. The molecule has 32 heavy (non-hydrogen) atoms. The van der Waals surface area contributed by atoms with Gasteiger partial charge in [-0.15, -0.1) is 0 Å². The predicted octanol–water partition coefficient (Wildman–Crippen LogP) is 6.22. The van der Waals surface area contributed by atoms with Crippen LogP contribution in [-0.2, 0) is 10.9 Å². The molecule has 0 radical (unpaired) electrons. The van der Waals surface area contributed by atoms with Crippen LogP contribution >= 0.6 is 11.6 Å². The van der Waals surface area contributed by atoms with Crippen LogP contribution in [0.2, 0.25) is 5.02 Å². The molecule has 0 atom stereocenters. The molecular weight excluding hydrogens is 443 g/mol. The van der Waals surface area contributed by atoms with E-state index in [4.69, 9.17) is 16.3 Å². The first-order valence-corrected chi connectivity index (χ1v) is 10.1. The van der Waals surface area contributed by atoms with Crippen molar-refractivity contribution in [2.75, 3.05) is 6.61 Å². The minimum atomic E-state index is -4.75. The monoisotopic (exact) mass is 459 g/mol. The van der Waals surface area contributed by atoms with E-state index in [0.717, 1.165) is 10.1 Å². The van der Waals surface area contributed by atoms with Gasteiger partial charge in [0, 0.05) is 16.8 Å². The van der Waals surface area contributed by atoms with Gasteiger partial charge in [0.1, 0.15) is 5.56 Å². The maximum Gasteiger partial charge on any atom is 0.435 e. The molecule has 2 aromatic carbocycles. The zero-order chi connectivity index (χ0) is 23.0. The summed E-state index contributed by atoms with van der Waals surface area (Å²) in [7, 11) is 0. The fraction of sp³-hybridized carbons (Fsp3) is 0.174. The lowest BCUT2D eigenvalue weighted by atomic mass is 10.0. The summed E-state index contributed by atoms with van der Waals surface area (Å²) in [5.41, 5.74) is 0.548. The van der Waals surface area contributed by atoms with Crippen LogP contribution in [-0.4, -0.2) is 27.2 Å². The van der Waals surface area contributed by atoms with E-state index < -0.39 is 17.8 Å². The number of alkyl halides is 3. The van der Waals surface area contributed by atoms with E-state index in [0.29, 0.717) is 10.6 Å². The third kappa shape index (κ3) is 3.93. The Labute approximate surface area is 186 Å². The number of carbonyl (C=O) groups excluding carboxylic acids is 1. The average Bonchev–Trinajstić information content (AvgIpc) is 3.15. The van der Waals surface area contributed by atoms with Crippen molar-refractivity contribution in [1.82, 2.24) is 14.6 Å². The van der Waals surface area contributed by atoms with E-state index >= 15 is 0 Å². The van der Waals surface area contributed by atoms with E-state index in [-0.39, 0.29) is 34.6 Å². The Morgan fingerprint density at radius 2 is 1.69 bits per heavy atom. The molecule has 0 bridgehead atoms. The Hall–Kier alpha value is -3.39. The van der Waals surface area contributed by atoms with Crippen LogP contribution < -0.4 is 0 Å². The first kappa shape index (κ1) is 21.8. The molecule has 0 unspecified atom stereocenters. The number of benzene rings is 2. The van der Waals surface area contributed by atoms with Gasteiger partial charge in [0.05, 0.1) is 17.9 Å². The number of fused-ring (bicyclic) bond motifs is 1. The SMILES string of the molecule is CCOC(=O)c1cnc2c(-c3ccc(Cl)cc3)c(C(F)(F)F)nn2c1-c1ccc(C)cc1. The minimum Gasteiger partial charge on any atom is -0.462 e. The van der Waals surface area contributed by atoms with Gasteiger partial charge >= 0.3 is 12.1 Å². The van der Waals surface area contributed by atoms with Gasteiger partial charge in [-0.05, 0) is 31.5 Å². The summed E-state index contributed by atoms with van der Waals surface area (Å²) < 4.78 is 48.2. The van der Waals surface area contributed by atoms with Gasteiger partial charge < -0.3 is 4.74 Å². The topological polar surface area (TPSA) is 56.5 Å². The number of hydrogen-bond donors (Lipinski definition) is 0. The molecule has 0 saturated carbocycles. The van der Waals surface area contributed by atoms with Gasteiger partial charge in [-0.25, -0.2) is 14.3 Å². The molecule has 4 aromatic rings. The summed E-state index contributed by atoms with van der Waals surface area (Å²) in [6, 6.07) is 13.0. The van der Waals surface area contributed by atoms with Gasteiger partial charge in [-0.3, -0.25) is 0 Å².